The van der Waals surface area contributed by atoms with Crippen molar-refractivity contribution in [2.24, 2.45) is 5.73 Å². The van der Waals surface area contributed by atoms with Crippen LogP contribution in [0, 0.1) is 0 Å². The molecule has 0 bridgehead atoms. The maximum absolute atomic E-state index is 12.6. The molecule has 1 heterocycles. The second-order valence-corrected chi connectivity index (χ2v) is 6.77. The van der Waals surface area contributed by atoms with E-state index in [9.17, 15) is 19.7 Å². The zero-order chi connectivity index (χ0) is 20.3. The summed E-state index contributed by atoms with van der Waals surface area (Å²) in [7, 11) is -1.20. The minimum atomic E-state index is -1.20. The van der Waals surface area contributed by atoms with E-state index >= 15 is 0 Å². The summed E-state index contributed by atoms with van der Waals surface area (Å²) in [6.07, 6.45) is 0.445. The van der Waals surface area contributed by atoms with E-state index in [1.807, 2.05) is 6.07 Å². The van der Waals surface area contributed by atoms with Gasteiger partial charge in [-0.15, -0.1) is 0 Å². The van der Waals surface area contributed by atoms with Crippen LogP contribution in [-0.2, 0) is 6.42 Å². The third-order valence-electron chi connectivity index (χ3n) is 4.70. The van der Waals surface area contributed by atoms with Crippen LogP contribution >= 0.6 is 0 Å². The second kappa shape index (κ2) is 8.45. The van der Waals surface area contributed by atoms with Crippen LogP contribution in [0.3, 0.4) is 0 Å². The Morgan fingerprint density at radius 2 is 2.11 bits per heavy atom. The minimum absolute atomic E-state index is 0.0351. The predicted molar refractivity (Wildman–Crippen MR) is 104 cm³/mol. The summed E-state index contributed by atoms with van der Waals surface area (Å²) in [6.45, 7) is 2.01. The SMILES string of the molecule is CC(=O)c1cccc2c1OB(O)[C@@H](CC(=O)c1ccc(OCCN)c(O)c1)C2. The Morgan fingerprint density at radius 1 is 1.32 bits per heavy atom. The van der Waals surface area contributed by atoms with Gasteiger partial charge in [0.2, 0.25) is 0 Å². The summed E-state index contributed by atoms with van der Waals surface area (Å²) in [5.74, 6) is -0.349. The van der Waals surface area contributed by atoms with Crippen molar-refractivity contribution in [1.29, 1.82) is 0 Å². The average molecular weight is 383 g/mol. The number of para-hydroxylation sites is 1. The van der Waals surface area contributed by atoms with Crippen molar-refractivity contribution in [2.45, 2.75) is 25.6 Å². The van der Waals surface area contributed by atoms with E-state index in [1.54, 1.807) is 18.2 Å². The van der Waals surface area contributed by atoms with Crippen LogP contribution in [0.2, 0.25) is 5.82 Å². The van der Waals surface area contributed by atoms with E-state index in [2.05, 4.69) is 0 Å². The van der Waals surface area contributed by atoms with E-state index in [1.165, 1.54) is 19.1 Å². The molecule has 146 valence electrons. The zero-order valence-electron chi connectivity index (χ0n) is 15.6. The number of ketones is 2. The first-order valence-corrected chi connectivity index (χ1v) is 9.07. The van der Waals surface area contributed by atoms with Gasteiger partial charge in [0.05, 0.1) is 5.56 Å². The van der Waals surface area contributed by atoms with E-state index < -0.39 is 12.9 Å². The normalized spacial score (nSPS) is 15.5. The third kappa shape index (κ3) is 4.18. The fourth-order valence-corrected chi connectivity index (χ4v) is 3.27. The fraction of sp³-hybridized carbons (Fsp3) is 0.300. The summed E-state index contributed by atoms with van der Waals surface area (Å²) in [5.41, 5.74) is 6.88. The molecule has 0 aliphatic carbocycles. The topological polar surface area (TPSA) is 119 Å². The number of phenolic OH excluding ortho intramolecular Hbond substituents is 1. The third-order valence-corrected chi connectivity index (χ3v) is 4.70. The van der Waals surface area contributed by atoms with Crippen molar-refractivity contribution >= 4 is 18.7 Å². The van der Waals surface area contributed by atoms with Gasteiger partial charge in [-0.25, -0.2) is 0 Å². The first-order valence-electron chi connectivity index (χ1n) is 9.07. The Kier molecular flexibility index (Phi) is 6.01. The molecule has 2 aromatic carbocycles. The maximum Gasteiger partial charge on any atom is 0.526 e. The monoisotopic (exact) mass is 383 g/mol. The van der Waals surface area contributed by atoms with Crippen LogP contribution in [0.25, 0.3) is 0 Å². The Hall–Kier alpha value is -2.84. The van der Waals surface area contributed by atoms with Gasteiger partial charge in [-0.1, -0.05) is 12.1 Å². The Balaban J connectivity index is 1.73. The van der Waals surface area contributed by atoms with Crippen molar-refractivity contribution in [3.05, 3.63) is 53.1 Å². The molecule has 4 N–H and O–H groups in total. The number of aromatic hydroxyl groups is 1. The molecule has 3 rings (SSSR count). The molecule has 0 saturated carbocycles. The number of carbonyl (C=O) groups excluding carboxylic acids is 2. The molecule has 0 saturated heterocycles. The van der Waals surface area contributed by atoms with E-state index in [-0.39, 0.29) is 36.1 Å². The number of phenols is 1. The van der Waals surface area contributed by atoms with E-state index in [4.69, 9.17) is 15.1 Å². The number of ether oxygens (including phenoxy) is 1. The van der Waals surface area contributed by atoms with E-state index in [0.29, 0.717) is 29.8 Å². The van der Waals surface area contributed by atoms with Gasteiger partial charge < -0.3 is 25.3 Å². The molecule has 1 aliphatic heterocycles. The van der Waals surface area contributed by atoms with Crippen LogP contribution in [-0.4, -0.2) is 42.0 Å². The molecule has 1 atom stereocenters. The molecule has 0 unspecified atom stereocenters. The molecule has 0 aromatic heterocycles. The quantitative estimate of drug-likeness (QED) is 0.494. The number of fused-ring (bicyclic) bond motifs is 1. The molecule has 7 nitrogen and oxygen atoms in total. The number of hydrogen-bond acceptors (Lipinski definition) is 7. The van der Waals surface area contributed by atoms with Crippen molar-refractivity contribution < 1.29 is 29.1 Å². The van der Waals surface area contributed by atoms with Gasteiger partial charge in [0.1, 0.15) is 12.4 Å². The summed E-state index contributed by atoms with van der Waals surface area (Å²) in [6, 6.07) is 9.64. The fourth-order valence-electron chi connectivity index (χ4n) is 3.27. The van der Waals surface area contributed by atoms with Gasteiger partial charge in [0.15, 0.2) is 23.1 Å². The van der Waals surface area contributed by atoms with Gasteiger partial charge in [0, 0.05) is 24.3 Å². The molecule has 2 aromatic rings. The number of nitrogens with two attached hydrogens (primary N) is 1. The van der Waals surface area contributed by atoms with Gasteiger partial charge in [-0.3, -0.25) is 9.59 Å². The van der Waals surface area contributed by atoms with Crippen LogP contribution in [0.4, 0.5) is 0 Å². The molecule has 1 aliphatic rings. The molecule has 0 amide bonds. The van der Waals surface area contributed by atoms with Crippen molar-refractivity contribution in [3.8, 4) is 17.2 Å². The zero-order valence-corrected chi connectivity index (χ0v) is 15.6. The Bertz CT molecular complexity index is 900. The lowest BCUT2D eigenvalue weighted by Crippen LogP contribution is -2.35. The summed E-state index contributed by atoms with van der Waals surface area (Å²) in [4.78, 5) is 24.4. The standard InChI is InChI=1S/C20H22BNO6/c1-12(23)16-4-2-3-14-9-15(21(26)28-20(14)16)11-17(24)13-5-6-19(18(25)10-13)27-8-7-22/h2-6,10,15,25-26H,7-9,11,22H2,1H3/t15-/m1/s1. The van der Waals surface area contributed by atoms with Gasteiger partial charge in [0.25, 0.3) is 0 Å². The van der Waals surface area contributed by atoms with Crippen LogP contribution < -0.4 is 15.1 Å². The summed E-state index contributed by atoms with van der Waals surface area (Å²) >= 11 is 0. The first kappa shape index (κ1) is 19.9. The second-order valence-electron chi connectivity index (χ2n) is 6.77. The summed E-state index contributed by atoms with van der Waals surface area (Å²) < 4.78 is 10.8. The Morgan fingerprint density at radius 3 is 2.79 bits per heavy atom. The maximum atomic E-state index is 12.6. The van der Waals surface area contributed by atoms with Crippen molar-refractivity contribution in [1.82, 2.24) is 0 Å². The highest BCUT2D eigenvalue weighted by Crippen LogP contribution is 2.37. The van der Waals surface area contributed by atoms with Crippen LogP contribution in [0.5, 0.6) is 17.2 Å². The molecule has 0 radical (unpaired) electrons. The molecular weight excluding hydrogens is 361 g/mol. The molecule has 28 heavy (non-hydrogen) atoms. The number of benzene rings is 2. The lowest BCUT2D eigenvalue weighted by molar-refractivity contribution is 0.0971. The van der Waals surface area contributed by atoms with Crippen LogP contribution in [0.15, 0.2) is 36.4 Å². The number of carbonyl (C=O) groups is 2. The highest BCUT2D eigenvalue weighted by Gasteiger charge is 2.37. The van der Waals surface area contributed by atoms with Crippen molar-refractivity contribution in [2.75, 3.05) is 13.2 Å². The van der Waals surface area contributed by atoms with Crippen LogP contribution in [0.1, 0.15) is 39.6 Å². The lowest BCUT2D eigenvalue weighted by atomic mass is 9.64. The number of hydrogen-bond donors (Lipinski definition) is 3. The Labute approximate surface area is 163 Å². The predicted octanol–water partition coefficient (Wildman–Crippen LogP) is 1.99. The highest BCUT2D eigenvalue weighted by atomic mass is 16.5. The van der Waals surface area contributed by atoms with Gasteiger partial charge >= 0.3 is 7.12 Å². The van der Waals surface area contributed by atoms with Crippen molar-refractivity contribution in [3.63, 3.8) is 0 Å². The highest BCUT2D eigenvalue weighted by molar-refractivity contribution is 6.47. The molecule has 8 heteroatoms. The van der Waals surface area contributed by atoms with Gasteiger partial charge in [-0.05, 0) is 43.2 Å². The summed E-state index contributed by atoms with van der Waals surface area (Å²) in [5, 5.41) is 20.4. The lowest BCUT2D eigenvalue weighted by Gasteiger charge is -2.28. The molecule has 0 fully saturated rings. The largest absolute Gasteiger partial charge is 0.535 e. The molecule has 0 spiro atoms. The molecular formula is C20H22BNO6. The smallest absolute Gasteiger partial charge is 0.526 e. The number of Topliss-reactive ketones (excluding diaryl/α,β-unsaturated/α-hetero) is 2. The van der Waals surface area contributed by atoms with E-state index in [0.717, 1.165) is 5.56 Å². The minimum Gasteiger partial charge on any atom is -0.535 e. The average Bonchev–Trinajstić information content (AvgIpc) is 2.67. The van der Waals surface area contributed by atoms with Gasteiger partial charge in [-0.2, -0.15) is 0 Å². The first-order chi connectivity index (χ1) is 13.4. The number of rotatable bonds is 7.